The van der Waals surface area contributed by atoms with E-state index in [2.05, 4.69) is 11.9 Å². The molecular weight excluding hydrogens is 238 g/mol. The predicted molar refractivity (Wildman–Crippen MR) is 66.8 cm³/mol. The van der Waals surface area contributed by atoms with E-state index in [1.165, 1.54) is 11.3 Å². The van der Waals surface area contributed by atoms with Crippen LogP contribution in [0.15, 0.2) is 5.38 Å². The number of ether oxygens (including phenoxy) is 1. The molecule has 5 nitrogen and oxygen atoms in total. The Morgan fingerprint density at radius 2 is 2.59 bits per heavy atom. The van der Waals surface area contributed by atoms with Gasteiger partial charge in [0.15, 0.2) is 5.13 Å². The number of thiazole rings is 1. The van der Waals surface area contributed by atoms with E-state index in [-0.39, 0.29) is 11.9 Å². The van der Waals surface area contributed by atoms with Gasteiger partial charge in [-0.05, 0) is 6.42 Å². The number of morpholine rings is 1. The van der Waals surface area contributed by atoms with Crippen LogP contribution in [-0.2, 0) is 16.0 Å². The summed E-state index contributed by atoms with van der Waals surface area (Å²) in [7, 11) is 0. The highest BCUT2D eigenvalue weighted by Gasteiger charge is 2.26. The van der Waals surface area contributed by atoms with Crippen molar-refractivity contribution >= 4 is 22.4 Å². The van der Waals surface area contributed by atoms with E-state index in [0.29, 0.717) is 31.3 Å². The molecule has 0 spiro atoms. The first-order chi connectivity index (χ1) is 8.20. The minimum Gasteiger partial charge on any atom is -0.377 e. The van der Waals surface area contributed by atoms with Crippen molar-refractivity contribution in [1.29, 1.82) is 0 Å². The van der Waals surface area contributed by atoms with Gasteiger partial charge in [0.2, 0.25) is 5.91 Å². The van der Waals surface area contributed by atoms with Gasteiger partial charge < -0.3 is 15.4 Å². The monoisotopic (exact) mass is 255 g/mol. The Bertz CT molecular complexity index is 394. The first-order valence-electron chi connectivity index (χ1n) is 5.77. The van der Waals surface area contributed by atoms with Crippen LogP contribution >= 0.6 is 11.3 Å². The molecule has 2 rings (SSSR count). The molecule has 6 heteroatoms. The van der Waals surface area contributed by atoms with Crippen LogP contribution in [0.2, 0.25) is 0 Å². The number of nitrogens with two attached hydrogens (primary N) is 1. The summed E-state index contributed by atoms with van der Waals surface area (Å²) in [6.45, 7) is 4.01. The molecule has 0 radical (unpaired) electrons. The van der Waals surface area contributed by atoms with E-state index < -0.39 is 0 Å². The van der Waals surface area contributed by atoms with E-state index in [4.69, 9.17) is 10.5 Å². The maximum Gasteiger partial charge on any atom is 0.229 e. The van der Waals surface area contributed by atoms with Crippen LogP contribution in [0, 0.1) is 0 Å². The van der Waals surface area contributed by atoms with Gasteiger partial charge >= 0.3 is 0 Å². The summed E-state index contributed by atoms with van der Waals surface area (Å²) in [4.78, 5) is 18.2. The molecule has 1 atom stereocenters. The van der Waals surface area contributed by atoms with Crippen molar-refractivity contribution in [3.63, 3.8) is 0 Å². The number of rotatable bonds is 3. The summed E-state index contributed by atoms with van der Waals surface area (Å²) in [6, 6.07) is 0.201. The van der Waals surface area contributed by atoms with Crippen LogP contribution in [0.5, 0.6) is 0 Å². The van der Waals surface area contributed by atoms with Crippen molar-refractivity contribution in [3.05, 3.63) is 11.1 Å². The van der Waals surface area contributed by atoms with Crippen LogP contribution in [0.1, 0.15) is 19.0 Å². The van der Waals surface area contributed by atoms with Gasteiger partial charge in [-0.2, -0.15) is 0 Å². The zero-order chi connectivity index (χ0) is 12.3. The molecule has 2 N–H and O–H groups in total. The largest absolute Gasteiger partial charge is 0.377 e. The zero-order valence-electron chi connectivity index (χ0n) is 9.89. The molecule has 0 bridgehead atoms. The number of hydrogen-bond acceptors (Lipinski definition) is 5. The summed E-state index contributed by atoms with van der Waals surface area (Å²) < 4.78 is 5.38. The second-order valence-corrected chi connectivity index (χ2v) is 4.97. The number of aromatic nitrogens is 1. The van der Waals surface area contributed by atoms with Gasteiger partial charge in [-0.3, -0.25) is 4.79 Å². The second-order valence-electron chi connectivity index (χ2n) is 4.08. The van der Waals surface area contributed by atoms with Crippen molar-refractivity contribution in [1.82, 2.24) is 9.88 Å². The standard InChI is InChI=1S/C11H17N3O2S/c1-2-9-6-16-4-3-14(9)10(15)5-8-7-17-11(12)13-8/h7,9H,2-6H2,1H3,(H2,12,13). The summed E-state index contributed by atoms with van der Waals surface area (Å²) >= 11 is 1.37. The molecule has 0 aliphatic carbocycles. The fraction of sp³-hybridized carbons (Fsp3) is 0.636. The molecule has 1 aliphatic heterocycles. The number of hydrogen-bond donors (Lipinski definition) is 1. The van der Waals surface area contributed by atoms with Gasteiger partial charge in [0.25, 0.3) is 0 Å². The average Bonchev–Trinajstić information content (AvgIpc) is 2.74. The second kappa shape index (κ2) is 5.46. The van der Waals surface area contributed by atoms with Gasteiger partial charge in [0, 0.05) is 11.9 Å². The van der Waals surface area contributed by atoms with E-state index in [0.717, 1.165) is 12.1 Å². The third kappa shape index (κ3) is 2.95. The smallest absolute Gasteiger partial charge is 0.229 e. The van der Waals surface area contributed by atoms with E-state index in [9.17, 15) is 4.79 Å². The molecule has 0 aromatic carbocycles. The first kappa shape index (κ1) is 12.3. The Kier molecular flexibility index (Phi) is 3.96. The lowest BCUT2D eigenvalue weighted by atomic mass is 10.1. The van der Waals surface area contributed by atoms with Gasteiger partial charge in [-0.25, -0.2) is 4.98 Å². The van der Waals surface area contributed by atoms with Gasteiger partial charge in [-0.15, -0.1) is 11.3 Å². The average molecular weight is 255 g/mol. The Morgan fingerprint density at radius 1 is 1.76 bits per heavy atom. The number of carbonyl (C=O) groups is 1. The third-order valence-corrected chi connectivity index (χ3v) is 3.64. The van der Waals surface area contributed by atoms with Gasteiger partial charge in [-0.1, -0.05) is 6.92 Å². The number of nitrogens with zero attached hydrogens (tertiary/aromatic N) is 2. The predicted octanol–water partition coefficient (Wildman–Crippen LogP) is 0.905. The molecule has 1 aliphatic rings. The van der Waals surface area contributed by atoms with Crippen LogP contribution in [0.3, 0.4) is 0 Å². The minimum atomic E-state index is 0.116. The van der Waals surface area contributed by atoms with Crippen molar-refractivity contribution < 1.29 is 9.53 Å². The summed E-state index contributed by atoms with van der Waals surface area (Å²) in [5.74, 6) is 0.116. The SMILES string of the molecule is CCC1COCCN1C(=O)Cc1csc(N)n1. The van der Waals surface area contributed by atoms with E-state index in [1.807, 2.05) is 10.3 Å². The summed E-state index contributed by atoms with van der Waals surface area (Å²) in [6.07, 6.45) is 1.26. The highest BCUT2D eigenvalue weighted by molar-refractivity contribution is 7.13. The van der Waals surface area contributed by atoms with Crippen LogP contribution < -0.4 is 5.73 Å². The fourth-order valence-corrected chi connectivity index (χ4v) is 2.54. The minimum absolute atomic E-state index is 0.116. The molecule has 1 amide bonds. The molecule has 0 saturated carbocycles. The molecule has 1 saturated heterocycles. The maximum atomic E-state index is 12.1. The normalized spacial score (nSPS) is 20.5. The third-order valence-electron chi connectivity index (χ3n) is 2.92. The van der Waals surface area contributed by atoms with Crippen LogP contribution in [-0.4, -0.2) is 41.6 Å². The highest BCUT2D eigenvalue weighted by atomic mass is 32.1. The fourth-order valence-electron chi connectivity index (χ4n) is 1.98. The van der Waals surface area contributed by atoms with Crippen molar-refractivity contribution in [3.8, 4) is 0 Å². The molecular formula is C11H17N3O2S. The summed E-state index contributed by atoms with van der Waals surface area (Å²) in [5.41, 5.74) is 6.31. The number of nitrogen functional groups attached to an aromatic ring is 1. The zero-order valence-corrected chi connectivity index (χ0v) is 10.7. The van der Waals surface area contributed by atoms with Gasteiger partial charge in [0.05, 0.1) is 31.4 Å². The topological polar surface area (TPSA) is 68.5 Å². The molecule has 17 heavy (non-hydrogen) atoms. The van der Waals surface area contributed by atoms with Crippen molar-refractivity contribution in [2.45, 2.75) is 25.8 Å². The Morgan fingerprint density at radius 3 is 3.24 bits per heavy atom. The molecule has 1 fully saturated rings. The Labute approximate surface area is 105 Å². The Hall–Kier alpha value is -1.14. The highest BCUT2D eigenvalue weighted by Crippen LogP contribution is 2.15. The van der Waals surface area contributed by atoms with Crippen molar-refractivity contribution in [2.75, 3.05) is 25.5 Å². The lowest BCUT2D eigenvalue weighted by Crippen LogP contribution is -2.48. The lowest BCUT2D eigenvalue weighted by molar-refractivity contribution is -0.139. The summed E-state index contributed by atoms with van der Waals surface area (Å²) in [5, 5.41) is 2.36. The molecule has 1 aromatic rings. The molecule has 1 unspecified atom stereocenters. The molecule has 1 aromatic heterocycles. The Balaban J connectivity index is 1.98. The number of anilines is 1. The molecule has 94 valence electrons. The lowest BCUT2D eigenvalue weighted by Gasteiger charge is -2.35. The van der Waals surface area contributed by atoms with Crippen molar-refractivity contribution in [2.24, 2.45) is 0 Å². The molecule has 2 heterocycles. The quantitative estimate of drug-likeness (QED) is 0.871. The van der Waals surface area contributed by atoms with E-state index in [1.54, 1.807) is 0 Å². The number of amides is 1. The van der Waals surface area contributed by atoms with Gasteiger partial charge in [0.1, 0.15) is 0 Å². The van der Waals surface area contributed by atoms with Crippen LogP contribution in [0.4, 0.5) is 5.13 Å². The van der Waals surface area contributed by atoms with Crippen LogP contribution in [0.25, 0.3) is 0 Å². The first-order valence-corrected chi connectivity index (χ1v) is 6.65. The van der Waals surface area contributed by atoms with E-state index >= 15 is 0 Å². The number of carbonyl (C=O) groups excluding carboxylic acids is 1. The maximum absolute atomic E-state index is 12.1.